The molecule has 2 aliphatic rings. The molecule has 0 saturated carbocycles. The zero-order valence-corrected chi connectivity index (χ0v) is 18.3. The molecule has 1 atom stereocenters. The van der Waals surface area contributed by atoms with Crippen LogP contribution in [0.1, 0.15) is 17.5 Å². The molecule has 174 valence electrons. The van der Waals surface area contributed by atoms with E-state index in [4.69, 9.17) is 0 Å². The van der Waals surface area contributed by atoms with Gasteiger partial charge in [0.1, 0.15) is 9.71 Å². The lowest BCUT2D eigenvalue weighted by molar-refractivity contribution is -0.0402. The standard InChI is InChI=1S/C19H23F3N6O3S/c1-11-9-13-14(10-12(11)2)28(16-15(25-13)17(29)27-18(30)26-16)8-7-23-5-4-6-24-32(3,31)19(20,21)22/h9-10,23H,3-8H2,1-2H3,(H,24,31)(H,27,29,30). The lowest BCUT2D eigenvalue weighted by Gasteiger charge is -2.18. The summed E-state index contributed by atoms with van der Waals surface area (Å²) in [6.45, 7) is 4.79. The highest BCUT2D eigenvalue weighted by Crippen LogP contribution is 2.23. The molecular weight excluding hydrogens is 449 g/mol. The highest BCUT2D eigenvalue weighted by Gasteiger charge is 2.39. The maximum atomic E-state index is 12.5. The fourth-order valence-corrected chi connectivity index (χ4v) is 3.76. The zero-order valence-electron chi connectivity index (χ0n) is 17.5. The van der Waals surface area contributed by atoms with Crippen molar-refractivity contribution < 1.29 is 17.4 Å². The maximum Gasteiger partial charge on any atom is 0.476 e. The van der Waals surface area contributed by atoms with E-state index in [1.165, 1.54) is 0 Å². The second-order valence-corrected chi connectivity index (χ2v) is 9.45. The van der Waals surface area contributed by atoms with Crippen molar-refractivity contribution in [3.05, 3.63) is 44.1 Å². The molecule has 1 aromatic rings. The maximum absolute atomic E-state index is 12.5. The van der Waals surface area contributed by atoms with Crippen LogP contribution in [0.4, 0.5) is 13.2 Å². The molecule has 0 amide bonds. The average molecular weight is 472 g/mol. The van der Waals surface area contributed by atoms with E-state index >= 15 is 0 Å². The van der Waals surface area contributed by atoms with E-state index in [1.54, 1.807) is 4.57 Å². The second-order valence-electron chi connectivity index (χ2n) is 7.35. The molecule has 0 aromatic heterocycles. The lowest BCUT2D eigenvalue weighted by atomic mass is 10.1. The Kier molecular flexibility index (Phi) is 6.72. The molecule has 0 fully saturated rings. The van der Waals surface area contributed by atoms with Gasteiger partial charge in [-0.25, -0.2) is 18.7 Å². The number of nitrogens with zero attached hydrogens (tertiary/aromatic N) is 3. The van der Waals surface area contributed by atoms with Crippen LogP contribution < -0.4 is 21.3 Å². The summed E-state index contributed by atoms with van der Waals surface area (Å²) < 4.78 is 52.7. The highest BCUT2D eigenvalue weighted by molar-refractivity contribution is 7.99. The number of hydrogen-bond donors (Lipinski definition) is 3. The molecule has 0 radical (unpaired) electrons. The molecule has 0 aliphatic carbocycles. The Morgan fingerprint density at radius 2 is 1.81 bits per heavy atom. The predicted molar refractivity (Wildman–Crippen MR) is 117 cm³/mol. The van der Waals surface area contributed by atoms with Gasteiger partial charge in [0.25, 0.3) is 5.56 Å². The average Bonchev–Trinajstić information content (AvgIpc) is 2.67. The number of fused-ring (bicyclic) bond motifs is 2. The van der Waals surface area contributed by atoms with Crippen LogP contribution in [-0.4, -0.2) is 54.7 Å². The number of alkyl halides is 3. The number of aromatic nitrogens is 4. The van der Waals surface area contributed by atoms with Gasteiger partial charge in [-0.2, -0.15) is 18.2 Å². The van der Waals surface area contributed by atoms with Crippen molar-refractivity contribution in [2.45, 2.75) is 32.3 Å². The van der Waals surface area contributed by atoms with E-state index in [-0.39, 0.29) is 24.5 Å². The Hall–Kier alpha value is -2.77. The molecule has 1 unspecified atom stereocenters. The third-order valence-electron chi connectivity index (χ3n) is 4.98. The minimum atomic E-state index is -4.90. The van der Waals surface area contributed by atoms with Gasteiger partial charge < -0.3 is 9.88 Å². The highest BCUT2D eigenvalue weighted by atomic mass is 32.2. The fraction of sp³-hybridized carbons (Fsp3) is 0.421. The first kappa shape index (κ1) is 23.9. The van der Waals surface area contributed by atoms with Gasteiger partial charge >= 0.3 is 11.2 Å². The summed E-state index contributed by atoms with van der Waals surface area (Å²) in [6.07, 6.45) is 0.284. The minimum Gasteiger partial charge on any atom is -0.321 e. The Balaban J connectivity index is 1.74. The molecule has 9 nitrogen and oxygen atoms in total. The van der Waals surface area contributed by atoms with Gasteiger partial charge in [0.15, 0.2) is 11.5 Å². The summed E-state index contributed by atoms with van der Waals surface area (Å²) in [5.41, 5.74) is -3.00. The Morgan fingerprint density at radius 3 is 2.50 bits per heavy atom. The molecule has 0 bridgehead atoms. The largest absolute Gasteiger partial charge is 0.476 e. The number of rotatable bonds is 8. The number of nitrogens with one attached hydrogen (secondary N) is 3. The van der Waals surface area contributed by atoms with Crippen molar-refractivity contribution in [3.63, 3.8) is 0 Å². The Bertz CT molecular complexity index is 1330. The topological polar surface area (TPSA) is 122 Å². The fourth-order valence-electron chi connectivity index (χ4n) is 3.12. The van der Waals surface area contributed by atoms with Gasteiger partial charge in [0.2, 0.25) is 0 Å². The van der Waals surface area contributed by atoms with Crippen LogP contribution in [0.15, 0.2) is 21.7 Å². The minimum absolute atomic E-state index is 0.0434. The second kappa shape index (κ2) is 9.00. The van der Waals surface area contributed by atoms with Crippen molar-refractivity contribution in [2.24, 2.45) is 0 Å². The number of benzene rings is 1. The zero-order chi connectivity index (χ0) is 23.7. The molecule has 1 aromatic carbocycles. The molecular formula is C19H23F3N6O3S. The normalized spacial score (nSPS) is 14.2. The van der Waals surface area contributed by atoms with E-state index in [9.17, 15) is 27.0 Å². The predicted octanol–water partition coefficient (Wildman–Crippen LogP) is 0.922. The van der Waals surface area contributed by atoms with Crippen molar-refractivity contribution >= 4 is 26.6 Å². The molecule has 3 rings (SSSR count). The van der Waals surface area contributed by atoms with Crippen molar-refractivity contribution in [1.29, 1.82) is 0 Å². The third-order valence-corrected chi connectivity index (χ3v) is 6.39. The van der Waals surface area contributed by atoms with Crippen LogP contribution in [-0.2, 0) is 16.3 Å². The number of hydrogen-bond acceptors (Lipinski definition) is 6. The summed E-state index contributed by atoms with van der Waals surface area (Å²) in [4.78, 5) is 34.4. The number of halogens is 3. The monoisotopic (exact) mass is 472 g/mol. The smallest absolute Gasteiger partial charge is 0.321 e. The van der Waals surface area contributed by atoms with Gasteiger partial charge in [-0.05, 0) is 55.9 Å². The van der Waals surface area contributed by atoms with E-state index in [0.717, 1.165) is 11.1 Å². The van der Waals surface area contributed by atoms with Crippen LogP contribution in [0.3, 0.4) is 0 Å². The van der Waals surface area contributed by atoms with Gasteiger partial charge in [-0.3, -0.25) is 9.78 Å². The summed E-state index contributed by atoms with van der Waals surface area (Å²) >= 11 is 0. The van der Waals surface area contributed by atoms with Crippen molar-refractivity contribution in [1.82, 2.24) is 29.6 Å². The summed E-state index contributed by atoms with van der Waals surface area (Å²) in [5, 5.41) is 3.08. The molecule has 0 spiro atoms. The van der Waals surface area contributed by atoms with Crippen LogP contribution >= 0.6 is 0 Å². The van der Waals surface area contributed by atoms with Crippen LogP contribution in [0.5, 0.6) is 0 Å². The molecule has 32 heavy (non-hydrogen) atoms. The first-order valence-electron chi connectivity index (χ1n) is 9.71. The van der Waals surface area contributed by atoms with Gasteiger partial charge in [0, 0.05) is 19.6 Å². The quantitative estimate of drug-likeness (QED) is 0.255. The third kappa shape index (κ3) is 5.00. The molecule has 2 heterocycles. The van der Waals surface area contributed by atoms with Crippen molar-refractivity contribution in [2.75, 3.05) is 19.6 Å². The molecule has 3 N–H and O–H groups in total. The van der Waals surface area contributed by atoms with E-state index < -0.39 is 26.5 Å². The Labute approximate surface area is 181 Å². The first-order chi connectivity index (χ1) is 14.9. The van der Waals surface area contributed by atoms with E-state index in [2.05, 4.69) is 26.1 Å². The van der Waals surface area contributed by atoms with Crippen LogP contribution in [0, 0.1) is 13.8 Å². The van der Waals surface area contributed by atoms with Gasteiger partial charge in [-0.15, -0.1) is 0 Å². The van der Waals surface area contributed by atoms with E-state index in [0.29, 0.717) is 30.7 Å². The first-order valence-corrected chi connectivity index (χ1v) is 11.4. The van der Waals surface area contributed by atoms with Gasteiger partial charge in [-0.1, -0.05) is 0 Å². The number of aromatic amines is 1. The molecule has 13 heteroatoms. The Morgan fingerprint density at radius 1 is 1.12 bits per heavy atom. The molecule has 0 saturated heterocycles. The van der Waals surface area contributed by atoms with Crippen LogP contribution in [0.25, 0.3) is 22.6 Å². The van der Waals surface area contributed by atoms with Crippen molar-refractivity contribution in [3.8, 4) is 11.5 Å². The van der Waals surface area contributed by atoms with E-state index in [1.807, 2.05) is 30.7 Å². The number of H-pyrrole nitrogens is 1. The van der Waals surface area contributed by atoms with Gasteiger partial charge in [0.05, 0.1) is 11.0 Å². The summed E-state index contributed by atoms with van der Waals surface area (Å²) in [7, 11) is -4.36. The summed E-state index contributed by atoms with van der Waals surface area (Å²) in [6, 6.07) is 3.75. The number of aryl methyl sites for hydroxylation is 2. The lowest BCUT2D eigenvalue weighted by Crippen LogP contribution is -2.37. The SMILES string of the molecule is C=S(=O)(NCCCNCCn1c2nc(=O)[nH]c(=O)c-2nc2cc(C)c(C)cc21)C(F)(F)F. The summed E-state index contributed by atoms with van der Waals surface area (Å²) in [5.74, 6) is 2.85. The van der Waals surface area contributed by atoms with Crippen LogP contribution in [0.2, 0.25) is 0 Å². The molecule has 2 aliphatic heterocycles.